The maximum absolute atomic E-state index is 14.2. The van der Waals surface area contributed by atoms with Gasteiger partial charge in [0.1, 0.15) is 0 Å². The fourth-order valence-electron chi connectivity index (χ4n) is 7.34. The van der Waals surface area contributed by atoms with Crippen LogP contribution in [-0.2, 0) is 17.6 Å². The molecule has 0 radical (unpaired) electrons. The van der Waals surface area contributed by atoms with Gasteiger partial charge in [0.05, 0.1) is 6.42 Å². The van der Waals surface area contributed by atoms with Crippen molar-refractivity contribution < 1.29 is 4.79 Å². The van der Waals surface area contributed by atoms with Gasteiger partial charge in [-0.15, -0.1) is 0 Å². The minimum Gasteiger partial charge on any atom is -0.370 e. The van der Waals surface area contributed by atoms with E-state index < -0.39 is 0 Å². The van der Waals surface area contributed by atoms with E-state index in [1.165, 1.54) is 37.5 Å². The Bertz CT molecular complexity index is 1440. The van der Waals surface area contributed by atoms with Crippen molar-refractivity contribution in [1.82, 2.24) is 15.1 Å². The van der Waals surface area contributed by atoms with Crippen LogP contribution in [0.2, 0.25) is 10.0 Å². The van der Waals surface area contributed by atoms with Crippen molar-refractivity contribution in [3.8, 4) is 0 Å². The number of rotatable bonds is 12. The molecule has 0 bridgehead atoms. The number of hydrogen-bond acceptors (Lipinski definition) is 4. The van der Waals surface area contributed by atoms with E-state index in [2.05, 4.69) is 45.4 Å². The highest BCUT2D eigenvalue weighted by Gasteiger charge is 2.37. The molecule has 3 aromatic carbocycles. The molecule has 2 aliphatic rings. The van der Waals surface area contributed by atoms with Crippen molar-refractivity contribution in [3.05, 3.63) is 81.8 Å². The molecule has 1 aliphatic heterocycles. The quantitative estimate of drug-likeness (QED) is 0.103. The second kappa shape index (κ2) is 16.1. The monoisotopic (exact) mass is 650 g/mol. The van der Waals surface area contributed by atoms with Gasteiger partial charge < -0.3 is 21.7 Å². The Balaban J connectivity index is 1.34. The number of nitrogens with one attached hydrogen (secondary N) is 2. The van der Waals surface area contributed by atoms with Crippen molar-refractivity contribution in [2.24, 2.45) is 17.4 Å². The van der Waals surface area contributed by atoms with Gasteiger partial charge in [0.25, 0.3) is 0 Å². The molecule has 1 aliphatic carbocycles. The molecule has 7 nitrogen and oxygen atoms in total. The Hall–Kier alpha value is -2.84. The molecule has 242 valence electrons. The highest BCUT2D eigenvalue weighted by molar-refractivity contribution is 6.35. The van der Waals surface area contributed by atoms with Crippen LogP contribution in [0, 0.1) is 11.3 Å². The van der Waals surface area contributed by atoms with Gasteiger partial charge in [-0.2, -0.15) is 0 Å². The van der Waals surface area contributed by atoms with Crippen LogP contribution in [0.25, 0.3) is 10.8 Å². The molecule has 1 amide bonds. The van der Waals surface area contributed by atoms with Gasteiger partial charge >= 0.3 is 0 Å². The van der Waals surface area contributed by atoms with Crippen molar-refractivity contribution in [2.75, 3.05) is 26.2 Å². The number of halogens is 2. The summed E-state index contributed by atoms with van der Waals surface area (Å²) in [6.45, 7) is 2.84. The number of carbonyl (C=O) groups is 1. The standard InChI is InChI=1S/C36H48Cl2N6O/c37-30-15-14-29(34(38)21-30)20-31(39)22-43-23-33(18-25-7-2-1-3-8-25)44(24-32(43)11-6-16-42-36(40)41)35(45)19-26-12-13-27-9-4-5-10-28(27)17-26/h4-5,9-10,12-15,17,21,25,31-33H,1-3,6-8,11,16,18-20,22-24,39H2,(H4,40,41,42)/t31-,32-,33+/m0/s1. The summed E-state index contributed by atoms with van der Waals surface area (Å²) in [4.78, 5) is 18.9. The van der Waals surface area contributed by atoms with Crippen LogP contribution in [0.15, 0.2) is 60.7 Å². The van der Waals surface area contributed by atoms with E-state index in [0.717, 1.165) is 48.9 Å². The Morgan fingerprint density at radius 3 is 2.51 bits per heavy atom. The zero-order valence-corrected chi connectivity index (χ0v) is 27.7. The zero-order valence-electron chi connectivity index (χ0n) is 26.2. The van der Waals surface area contributed by atoms with Gasteiger partial charge in [0.15, 0.2) is 5.96 Å². The van der Waals surface area contributed by atoms with E-state index in [4.69, 9.17) is 40.1 Å². The lowest BCUT2D eigenvalue weighted by atomic mass is 9.83. The van der Waals surface area contributed by atoms with E-state index in [1.807, 2.05) is 24.3 Å². The predicted molar refractivity (Wildman–Crippen MR) is 187 cm³/mol. The van der Waals surface area contributed by atoms with Gasteiger partial charge in [-0.25, -0.2) is 0 Å². The van der Waals surface area contributed by atoms with Crippen LogP contribution in [-0.4, -0.2) is 66.0 Å². The smallest absolute Gasteiger partial charge is 0.227 e. The number of piperazine rings is 1. The van der Waals surface area contributed by atoms with E-state index in [1.54, 1.807) is 6.07 Å². The molecular weight excluding hydrogens is 603 g/mol. The topological polar surface area (TPSA) is 111 Å². The summed E-state index contributed by atoms with van der Waals surface area (Å²) in [6, 6.07) is 20.5. The van der Waals surface area contributed by atoms with Crippen LogP contribution >= 0.6 is 23.2 Å². The van der Waals surface area contributed by atoms with E-state index in [0.29, 0.717) is 41.9 Å². The number of carbonyl (C=O) groups excluding carboxylic acids is 1. The van der Waals surface area contributed by atoms with Crippen molar-refractivity contribution in [1.29, 1.82) is 5.41 Å². The number of guanidine groups is 1. The van der Waals surface area contributed by atoms with E-state index in [9.17, 15) is 4.79 Å². The third kappa shape index (κ3) is 9.58. The first-order chi connectivity index (χ1) is 21.7. The molecule has 1 heterocycles. The summed E-state index contributed by atoms with van der Waals surface area (Å²) < 4.78 is 0. The van der Waals surface area contributed by atoms with Crippen molar-refractivity contribution >= 4 is 45.8 Å². The average Bonchev–Trinajstić information content (AvgIpc) is 3.02. The van der Waals surface area contributed by atoms with Gasteiger partial charge in [0.2, 0.25) is 5.91 Å². The number of fused-ring (bicyclic) bond motifs is 1. The fraction of sp³-hybridized carbons (Fsp3) is 0.500. The maximum Gasteiger partial charge on any atom is 0.227 e. The Morgan fingerprint density at radius 2 is 1.76 bits per heavy atom. The first-order valence-electron chi connectivity index (χ1n) is 16.5. The van der Waals surface area contributed by atoms with E-state index in [-0.39, 0.29) is 30.0 Å². The molecule has 5 rings (SSSR count). The molecule has 0 aromatic heterocycles. The minimum atomic E-state index is -0.114. The largest absolute Gasteiger partial charge is 0.370 e. The molecule has 0 spiro atoms. The van der Waals surface area contributed by atoms with E-state index >= 15 is 0 Å². The zero-order chi connectivity index (χ0) is 31.8. The lowest BCUT2D eigenvalue weighted by Gasteiger charge is -2.48. The van der Waals surface area contributed by atoms with Crippen LogP contribution < -0.4 is 16.8 Å². The SMILES string of the molecule is N=C(N)NCCC[C@H]1CN(C(=O)Cc2ccc3ccccc3c2)[C@H](CC2CCCCC2)CN1C[C@@H](N)Cc1ccc(Cl)cc1Cl. The Morgan fingerprint density at radius 1 is 0.978 bits per heavy atom. The first kappa shape index (κ1) is 33.5. The van der Waals surface area contributed by atoms with Crippen LogP contribution in [0.4, 0.5) is 0 Å². The van der Waals surface area contributed by atoms with Crippen LogP contribution in [0.3, 0.4) is 0 Å². The summed E-state index contributed by atoms with van der Waals surface area (Å²) in [6.07, 6.45) is 10.2. The molecule has 1 saturated carbocycles. The molecule has 1 saturated heterocycles. The highest BCUT2D eigenvalue weighted by atomic mass is 35.5. The van der Waals surface area contributed by atoms with Crippen LogP contribution in [0.5, 0.6) is 0 Å². The van der Waals surface area contributed by atoms with Crippen LogP contribution in [0.1, 0.15) is 62.5 Å². The molecule has 2 fully saturated rings. The predicted octanol–water partition coefficient (Wildman–Crippen LogP) is 6.37. The molecule has 45 heavy (non-hydrogen) atoms. The molecule has 0 unspecified atom stereocenters. The number of benzene rings is 3. The third-order valence-corrected chi connectivity index (χ3v) is 10.2. The summed E-state index contributed by atoms with van der Waals surface area (Å²) in [5, 5.41) is 14.1. The van der Waals surface area contributed by atoms with Gasteiger partial charge in [0, 0.05) is 54.3 Å². The molecule has 3 atom stereocenters. The Labute approximate surface area is 278 Å². The van der Waals surface area contributed by atoms with Gasteiger partial charge in [-0.3, -0.25) is 15.1 Å². The maximum atomic E-state index is 14.2. The lowest BCUT2D eigenvalue weighted by Crippen LogP contribution is -2.62. The lowest BCUT2D eigenvalue weighted by molar-refractivity contribution is -0.138. The number of nitrogens with two attached hydrogens (primary N) is 2. The first-order valence-corrected chi connectivity index (χ1v) is 17.3. The minimum absolute atomic E-state index is 0.0166. The van der Waals surface area contributed by atoms with Gasteiger partial charge in [-0.05, 0) is 65.6 Å². The summed E-state index contributed by atoms with van der Waals surface area (Å²) in [5.74, 6) is 0.839. The summed E-state index contributed by atoms with van der Waals surface area (Å²) in [7, 11) is 0. The average molecular weight is 652 g/mol. The third-order valence-electron chi connectivity index (χ3n) is 9.63. The molecule has 9 heteroatoms. The molecule has 3 aromatic rings. The molecule has 6 N–H and O–H groups in total. The normalized spacial score (nSPS) is 20.3. The second-order valence-electron chi connectivity index (χ2n) is 13.1. The number of nitrogens with zero attached hydrogens (tertiary/aromatic N) is 2. The number of amides is 1. The van der Waals surface area contributed by atoms with Crippen molar-refractivity contribution in [3.63, 3.8) is 0 Å². The summed E-state index contributed by atoms with van der Waals surface area (Å²) in [5.41, 5.74) is 14.4. The Kier molecular flexibility index (Phi) is 12.0. The number of hydrogen-bond donors (Lipinski definition) is 4. The second-order valence-corrected chi connectivity index (χ2v) is 13.9. The highest BCUT2D eigenvalue weighted by Crippen LogP contribution is 2.32. The molecular formula is C36H48Cl2N6O. The van der Waals surface area contributed by atoms with Crippen molar-refractivity contribution in [2.45, 2.75) is 82.3 Å². The summed E-state index contributed by atoms with van der Waals surface area (Å²) >= 11 is 12.6. The fourth-order valence-corrected chi connectivity index (χ4v) is 7.83. The van der Waals surface area contributed by atoms with Gasteiger partial charge in [-0.1, -0.05) is 104 Å².